The molecule has 0 saturated carbocycles. The Morgan fingerprint density at radius 3 is 2.82 bits per heavy atom. The molecule has 88 valence electrons. The molecule has 2 rings (SSSR count). The second-order valence-corrected chi connectivity index (χ2v) is 4.22. The lowest BCUT2D eigenvalue weighted by Crippen LogP contribution is -1.95. The second kappa shape index (κ2) is 5.25. The van der Waals surface area contributed by atoms with Crippen LogP contribution in [0.25, 0.3) is 11.3 Å². The third-order valence-corrected chi connectivity index (χ3v) is 2.91. The van der Waals surface area contributed by atoms with Crippen molar-refractivity contribution in [2.45, 2.75) is 6.61 Å². The SMILES string of the molecule is COc1ccc(-c2ccnc(CO)n2)cc1Br. The molecule has 2 aromatic rings. The van der Waals surface area contributed by atoms with Gasteiger partial charge in [-0.1, -0.05) is 0 Å². The first-order valence-corrected chi connectivity index (χ1v) is 5.80. The van der Waals surface area contributed by atoms with E-state index in [0.717, 1.165) is 21.5 Å². The zero-order valence-electron chi connectivity index (χ0n) is 9.22. The summed E-state index contributed by atoms with van der Waals surface area (Å²) in [6.45, 7) is -0.162. The van der Waals surface area contributed by atoms with Crippen LogP contribution in [0, 0.1) is 0 Å². The fraction of sp³-hybridized carbons (Fsp3) is 0.167. The maximum absolute atomic E-state index is 8.99. The molecule has 0 atom stereocenters. The van der Waals surface area contributed by atoms with Crippen LogP contribution in [0.15, 0.2) is 34.9 Å². The third-order valence-electron chi connectivity index (χ3n) is 2.29. The number of aromatic nitrogens is 2. The molecular weight excluding hydrogens is 284 g/mol. The Bertz CT molecular complexity index is 532. The number of hydrogen-bond acceptors (Lipinski definition) is 4. The van der Waals surface area contributed by atoms with Crippen molar-refractivity contribution >= 4 is 15.9 Å². The number of halogens is 1. The summed E-state index contributed by atoms with van der Waals surface area (Å²) >= 11 is 3.42. The van der Waals surface area contributed by atoms with Gasteiger partial charge in [0.1, 0.15) is 12.4 Å². The molecule has 17 heavy (non-hydrogen) atoms. The van der Waals surface area contributed by atoms with Crippen molar-refractivity contribution in [3.8, 4) is 17.0 Å². The van der Waals surface area contributed by atoms with Crippen molar-refractivity contribution < 1.29 is 9.84 Å². The van der Waals surface area contributed by atoms with Crippen LogP contribution in [-0.4, -0.2) is 22.2 Å². The molecule has 0 fully saturated rings. The monoisotopic (exact) mass is 294 g/mol. The van der Waals surface area contributed by atoms with Gasteiger partial charge in [-0.15, -0.1) is 0 Å². The largest absolute Gasteiger partial charge is 0.496 e. The highest BCUT2D eigenvalue weighted by atomic mass is 79.9. The fourth-order valence-corrected chi connectivity index (χ4v) is 2.00. The van der Waals surface area contributed by atoms with Gasteiger partial charge in [-0.2, -0.15) is 0 Å². The molecule has 0 aliphatic heterocycles. The molecule has 0 amide bonds. The minimum absolute atomic E-state index is 0.162. The van der Waals surface area contributed by atoms with Crippen LogP contribution in [0.3, 0.4) is 0 Å². The normalized spacial score (nSPS) is 10.3. The van der Waals surface area contributed by atoms with E-state index in [0.29, 0.717) is 5.82 Å². The van der Waals surface area contributed by atoms with Crippen LogP contribution in [-0.2, 0) is 6.61 Å². The van der Waals surface area contributed by atoms with Gasteiger partial charge in [-0.25, -0.2) is 9.97 Å². The summed E-state index contributed by atoms with van der Waals surface area (Å²) in [5.41, 5.74) is 1.71. The number of rotatable bonds is 3. The zero-order valence-corrected chi connectivity index (χ0v) is 10.8. The number of nitrogens with zero attached hydrogens (tertiary/aromatic N) is 2. The summed E-state index contributed by atoms with van der Waals surface area (Å²) in [5, 5.41) is 8.99. The van der Waals surface area contributed by atoms with Crippen molar-refractivity contribution in [2.75, 3.05) is 7.11 Å². The molecule has 1 N–H and O–H groups in total. The van der Waals surface area contributed by atoms with Crippen LogP contribution in [0.5, 0.6) is 5.75 Å². The van der Waals surface area contributed by atoms with Crippen LogP contribution in [0.4, 0.5) is 0 Å². The molecule has 0 saturated heterocycles. The first kappa shape index (κ1) is 12.0. The van der Waals surface area contributed by atoms with Crippen LogP contribution in [0.2, 0.25) is 0 Å². The molecule has 0 aliphatic carbocycles. The molecule has 0 radical (unpaired) electrons. The van der Waals surface area contributed by atoms with Crippen molar-refractivity contribution in [3.63, 3.8) is 0 Å². The quantitative estimate of drug-likeness (QED) is 0.944. The Morgan fingerprint density at radius 1 is 1.35 bits per heavy atom. The Labute approximate surface area is 107 Å². The maximum atomic E-state index is 8.99. The molecule has 4 nitrogen and oxygen atoms in total. The highest BCUT2D eigenvalue weighted by Gasteiger charge is 2.05. The van der Waals surface area contributed by atoms with Gasteiger partial charge in [0.15, 0.2) is 5.82 Å². The van der Waals surface area contributed by atoms with Crippen LogP contribution in [0.1, 0.15) is 5.82 Å². The van der Waals surface area contributed by atoms with E-state index in [2.05, 4.69) is 25.9 Å². The van der Waals surface area contributed by atoms with E-state index in [9.17, 15) is 0 Å². The first-order valence-electron chi connectivity index (χ1n) is 5.01. The van der Waals surface area contributed by atoms with Gasteiger partial charge < -0.3 is 9.84 Å². The lowest BCUT2D eigenvalue weighted by Gasteiger charge is -2.06. The molecule has 0 spiro atoms. The van der Waals surface area contributed by atoms with Crippen molar-refractivity contribution in [3.05, 3.63) is 40.8 Å². The van der Waals surface area contributed by atoms with Gasteiger partial charge >= 0.3 is 0 Å². The number of methoxy groups -OCH3 is 1. The summed E-state index contributed by atoms with van der Waals surface area (Å²) in [4.78, 5) is 8.18. The topological polar surface area (TPSA) is 55.2 Å². The molecule has 0 unspecified atom stereocenters. The Kier molecular flexibility index (Phi) is 3.71. The van der Waals surface area contributed by atoms with E-state index in [1.165, 1.54) is 0 Å². The molecule has 1 heterocycles. The van der Waals surface area contributed by atoms with E-state index in [1.54, 1.807) is 19.4 Å². The summed E-state index contributed by atoms with van der Waals surface area (Å²) in [5.74, 6) is 1.18. The Morgan fingerprint density at radius 2 is 2.18 bits per heavy atom. The molecule has 0 aliphatic rings. The zero-order chi connectivity index (χ0) is 12.3. The Balaban J connectivity index is 2.42. The van der Waals surface area contributed by atoms with Crippen molar-refractivity contribution in [1.29, 1.82) is 0 Å². The number of aliphatic hydroxyl groups is 1. The minimum atomic E-state index is -0.162. The lowest BCUT2D eigenvalue weighted by molar-refractivity contribution is 0.271. The van der Waals surface area contributed by atoms with E-state index >= 15 is 0 Å². The van der Waals surface area contributed by atoms with Gasteiger partial charge in [-0.3, -0.25) is 0 Å². The third kappa shape index (κ3) is 2.62. The fourth-order valence-electron chi connectivity index (χ4n) is 1.46. The Hall–Kier alpha value is -1.46. The molecule has 5 heteroatoms. The number of benzene rings is 1. The average molecular weight is 295 g/mol. The van der Waals surface area contributed by atoms with E-state index in [1.807, 2.05) is 18.2 Å². The standard InChI is InChI=1S/C12H11BrN2O2/c1-17-11-3-2-8(6-9(11)13)10-4-5-14-12(7-16)15-10/h2-6,16H,7H2,1H3. The van der Waals surface area contributed by atoms with Gasteiger partial charge in [-0.05, 0) is 40.2 Å². The van der Waals surface area contributed by atoms with Crippen LogP contribution >= 0.6 is 15.9 Å². The highest BCUT2D eigenvalue weighted by Crippen LogP contribution is 2.29. The molecule has 1 aromatic heterocycles. The first-order chi connectivity index (χ1) is 8.24. The number of aliphatic hydroxyl groups excluding tert-OH is 1. The predicted octanol–water partition coefficient (Wildman–Crippen LogP) is 2.41. The summed E-state index contributed by atoms with van der Waals surface area (Å²) in [6, 6.07) is 7.49. The van der Waals surface area contributed by atoms with Gasteiger partial charge in [0, 0.05) is 11.8 Å². The lowest BCUT2D eigenvalue weighted by atomic mass is 10.1. The van der Waals surface area contributed by atoms with E-state index in [4.69, 9.17) is 9.84 Å². The van der Waals surface area contributed by atoms with Crippen LogP contribution < -0.4 is 4.74 Å². The maximum Gasteiger partial charge on any atom is 0.154 e. The predicted molar refractivity (Wildman–Crippen MR) is 67.6 cm³/mol. The molecule has 1 aromatic carbocycles. The molecular formula is C12H11BrN2O2. The van der Waals surface area contributed by atoms with Crippen molar-refractivity contribution in [2.24, 2.45) is 0 Å². The summed E-state index contributed by atoms with van der Waals surface area (Å²) in [7, 11) is 1.62. The highest BCUT2D eigenvalue weighted by molar-refractivity contribution is 9.10. The average Bonchev–Trinajstić information content (AvgIpc) is 2.38. The van der Waals surface area contributed by atoms with Crippen molar-refractivity contribution in [1.82, 2.24) is 9.97 Å². The summed E-state index contributed by atoms with van der Waals surface area (Å²) < 4.78 is 6.02. The van der Waals surface area contributed by atoms with E-state index in [-0.39, 0.29) is 6.61 Å². The molecule has 0 bridgehead atoms. The number of hydrogen-bond donors (Lipinski definition) is 1. The summed E-state index contributed by atoms with van der Waals surface area (Å²) in [6.07, 6.45) is 1.63. The second-order valence-electron chi connectivity index (χ2n) is 3.37. The van der Waals surface area contributed by atoms with Gasteiger partial charge in [0.25, 0.3) is 0 Å². The van der Waals surface area contributed by atoms with Gasteiger partial charge in [0.2, 0.25) is 0 Å². The smallest absolute Gasteiger partial charge is 0.154 e. The van der Waals surface area contributed by atoms with Gasteiger partial charge in [0.05, 0.1) is 17.3 Å². The number of ether oxygens (including phenoxy) is 1. The minimum Gasteiger partial charge on any atom is -0.496 e. The van der Waals surface area contributed by atoms with E-state index < -0.39 is 0 Å².